The first kappa shape index (κ1) is 10.1. The van der Waals surface area contributed by atoms with Crippen molar-refractivity contribution in [2.24, 2.45) is 5.92 Å². The summed E-state index contributed by atoms with van der Waals surface area (Å²) in [6.45, 7) is -0.104. The van der Waals surface area contributed by atoms with Gasteiger partial charge in [0.15, 0.2) is 5.78 Å². The summed E-state index contributed by atoms with van der Waals surface area (Å²) in [5.41, 5.74) is 0. The van der Waals surface area contributed by atoms with E-state index in [1.165, 1.54) is 0 Å². The number of ketones is 1. The summed E-state index contributed by atoms with van der Waals surface area (Å²) < 4.78 is 30.4. The molecule has 0 atom stereocenters. The number of hydrogen-bond acceptors (Lipinski definition) is 2. The van der Waals surface area contributed by atoms with Crippen molar-refractivity contribution in [2.45, 2.75) is 12.8 Å². The van der Waals surface area contributed by atoms with Crippen molar-refractivity contribution >= 4 is 5.78 Å². The van der Waals surface area contributed by atoms with Gasteiger partial charge in [0.1, 0.15) is 24.0 Å². The molecule has 0 heterocycles. The highest BCUT2D eigenvalue weighted by molar-refractivity contribution is 5.84. The van der Waals surface area contributed by atoms with Crippen LogP contribution in [0.25, 0.3) is 0 Å². The lowest BCUT2D eigenvalue weighted by Crippen LogP contribution is -2.12. The van der Waals surface area contributed by atoms with Crippen molar-refractivity contribution in [3.8, 4) is 5.75 Å². The quantitative estimate of drug-likeness (QED) is 0.765. The topological polar surface area (TPSA) is 26.3 Å². The summed E-state index contributed by atoms with van der Waals surface area (Å²) in [5.74, 6) is -1.25. The molecule has 1 aliphatic rings. The summed E-state index contributed by atoms with van der Waals surface area (Å²) in [6, 6.07) is 2.88. The van der Waals surface area contributed by atoms with Crippen LogP contribution in [-0.4, -0.2) is 12.4 Å². The highest BCUT2D eigenvalue weighted by atomic mass is 19.1. The van der Waals surface area contributed by atoms with Crippen LogP contribution in [0.1, 0.15) is 12.8 Å². The van der Waals surface area contributed by atoms with Crippen molar-refractivity contribution in [1.82, 2.24) is 0 Å². The Balaban J connectivity index is 1.94. The number of carbonyl (C=O) groups is 1. The van der Waals surface area contributed by atoms with Crippen LogP contribution in [0.5, 0.6) is 5.75 Å². The summed E-state index contributed by atoms with van der Waals surface area (Å²) in [7, 11) is 0. The number of carbonyl (C=O) groups excluding carboxylic acids is 1. The van der Waals surface area contributed by atoms with E-state index >= 15 is 0 Å². The number of hydrogen-bond donors (Lipinski definition) is 0. The first-order chi connectivity index (χ1) is 7.15. The van der Waals surface area contributed by atoms with Gasteiger partial charge in [0, 0.05) is 24.1 Å². The predicted molar refractivity (Wildman–Crippen MR) is 49.6 cm³/mol. The number of benzene rings is 1. The van der Waals surface area contributed by atoms with Crippen molar-refractivity contribution in [3.05, 3.63) is 29.8 Å². The molecule has 0 aliphatic heterocycles. The van der Waals surface area contributed by atoms with E-state index in [1.54, 1.807) is 0 Å². The smallest absolute Gasteiger partial charge is 0.173 e. The number of ether oxygens (including phenoxy) is 1. The molecular formula is C11H10F2O2. The highest BCUT2D eigenvalue weighted by Crippen LogP contribution is 2.30. The van der Waals surface area contributed by atoms with Gasteiger partial charge in [-0.2, -0.15) is 0 Å². The Morgan fingerprint density at radius 1 is 1.27 bits per heavy atom. The van der Waals surface area contributed by atoms with Gasteiger partial charge in [-0.15, -0.1) is 0 Å². The van der Waals surface area contributed by atoms with E-state index in [0.29, 0.717) is 0 Å². The molecule has 1 aromatic carbocycles. The van der Waals surface area contributed by atoms with Gasteiger partial charge < -0.3 is 4.74 Å². The maximum atomic E-state index is 12.7. The predicted octanol–water partition coefficient (Wildman–Crippen LogP) is 2.32. The summed E-state index contributed by atoms with van der Waals surface area (Å²) >= 11 is 0. The fraction of sp³-hybridized carbons (Fsp3) is 0.364. The van der Waals surface area contributed by atoms with Crippen LogP contribution in [-0.2, 0) is 4.79 Å². The Bertz CT molecular complexity index is 366. The Morgan fingerprint density at radius 2 is 1.87 bits per heavy atom. The maximum absolute atomic E-state index is 12.7. The maximum Gasteiger partial charge on any atom is 0.173 e. The average molecular weight is 212 g/mol. The van der Waals surface area contributed by atoms with Crippen LogP contribution in [0.4, 0.5) is 8.78 Å². The molecule has 0 unspecified atom stereocenters. The molecule has 1 fully saturated rings. The molecule has 0 aromatic heterocycles. The van der Waals surface area contributed by atoms with E-state index in [2.05, 4.69) is 0 Å². The van der Waals surface area contributed by atoms with Gasteiger partial charge in [0.2, 0.25) is 0 Å². The SMILES string of the molecule is O=C(COc1cc(F)cc(F)c1)C1CC1. The minimum atomic E-state index is -0.705. The van der Waals surface area contributed by atoms with E-state index in [4.69, 9.17) is 4.74 Å². The van der Waals surface area contributed by atoms with Crippen molar-refractivity contribution < 1.29 is 18.3 Å². The molecule has 2 rings (SSSR count). The van der Waals surface area contributed by atoms with Gasteiger partial charge in [-0.3, -0.25) is 4.79 Å². The Labute approximate surface area is 85.9 Å². The Kier molecular flexibility index (Phi) is 2.66. The first-order valence-corrected chi connectivity index (χ1v) is 4.77. The molecule has 15 heavy (non-hydrogen) atoms. The number of halogens is 2. The molecule has 80 valence electrons. The van der Waals surface area contributed by atoms with E-state index in [9.17, 15) is 13.6 Å². The molecule has 0 N–H and O–H groups in total. The van der Waals surface area contributed by atoms with Crippen LogP contribution in [0.15, 0.2) is 18.2 Å². The molecule has 1 aromatic rings. The molecule has 2 nitrogen and oxygen atoms in total. The molecule has 1 aliphatic carbocycles. The third-order valence-corrected chi connectivity index (χ3v) is 2.25. The fourth-order valence-corrected chi connectivity index (χ4v) is 1.29. The van der Waals surface area contributed by atoms with E-state index in [-0.39, 0.29) is 24.1 Å². The van der Waals surface area contributed by atoms with Gasteiger partial charge in [0.05, 0.1) is 0 Å². The number of Topliss-reactive ketones (excluding diaryl/α,β-unsaturated/α-hetero) is 1. The molecule has 0 radical (unpaired) electrons. The van der Waals surface area contributed by atoms with Crippen LogP contribution >= 0.6 is 0 Å². The molecule has 0 amide bonds. The minimum absolute atomic E-state index is 0.000306. The van der Waals surface area contributed by atoms with Crippen molar-refractivity contribution in [3.63, 3.8) is 0 Å². The van der Waals surface area contributed by atoms with Crippen LogP contribution in [0, 0.1) is 17.6 Å². The standard InChI is InChI=1S/C11H10F2O2/c12-8-3-9(13)5-10(4-8)15-6-11(14)7-1-2-7/h3-5,7H,1-2,6H2. The zero-order chi connectivity index (χ0) is 10.8. The highest BCUT2D eigenvalue weighted by Gasteiger charge is 2.29. The monoisotopic (exact) mass is 212 g/mol. The minimum Gasteiger partial charge on any atom is -0.486 e. The fourth-order valence-electron chi connectivity index (χ4n) is 1.29. The normalized spacial score (nSPS) is 15.1. The third-order valence-electron chi connectivity index (χ3n) is 2.25. The van der Waals surface area contributed by atoms with Gasteiger partial charge in [-0.25, -0.2) is 8.78 Å². The zero-order valence-corrected chi connectivity index (χ0v) is 8.00. The van der Waals surface area contributed by atoms with Gasteiger partial charge in [0.25, 0.3) is 0 Å². The average Bonchev–Trinajstić information content (AvgIpc) is 2.95. The summed E-state index contributed by atoms with van der Waals surface area (Å²) in [5, 5.41) is 0. The van der Waals surface area contributed by atoms with E-state index in [0.717, 1.165) is 31.0 Å². The van der Waals surface area contributed by atoms with Crippen molar-refractivity contribution in [2.75, 3.05) is 6.61 Å². The molecular weight excluding hydrogens is 202 g/mol. The largest absolute Gasteiger partial charge is 0.486 e. The lowest BCUT2D eigenvalue weighted by molar-refractivity contribution is -0.122. The van der Waals surface area contributed by atoms with Gasteiger partial charge >= 0.3 is 0 Å². The molecule has 0 bridgehead atoms. The van der Waals surface area contributed by atoms with Crippen LogP contribution in [0.2, 0.25) is 0 Å². The van der Waals surface area contributed by atoms with E-state index in [1.807, 2.05) is 0 Å². The van der Waals surface area contributed by atoms with Crippen LogP contribution < -0.4 is 4.74 Å². The molecule has 0 saturated heterocycles. The Hall–Kier alpha value is -1.45. The van der Waals surface area contributed by atoms with Crippen LogP contribution in [0.3, 0.4) is 0 Å². The molecule has 4 heteroatoms. The first-order valence-electron chi connectivity index (χ1n) is 4.77. The number of rotatable bonds is 4. The molecule has 0 spiro atoms. The van der Waals surface area contributed by atoms with E-state index < -0.39 is 11.6 Å². The Morgan fingerprint density at radius 3 is 2.40 bits per heavy atom. The second-order valence-electron chi connectivity index (χ2n) is 3.63. The van der Waals surface area contributed by atoms with Gasteiger partial charge in [-0.05, 0) is 12.8 Å². The third kappa shape index (κ3) is 2.75. The van der Waals surface area contributed by atoms with Gasteiger partial charge in [-0.1, -0.05) is 0 Å². The second-order valence-corrected chi connectivity index (χ2v) is 3.63. The zero-order valence-electron chi connectivity index (χ0n) is 8.00. The summed E-state index contributed by atoms with van der Waals surface area (Å²) in [6.07, 6.45) is 1.80. The summed E-state index contributed by atoms with van der Waals surface area (Å²) in [4.78, 5) is 11.2. The molecule has 1 saturated carbocycles. The lowest BCUT2D eigenvalue weighted by atomic mass is 10.3. The lowest BCUT2D eigenvalue weighted by Gasteiger charge is -2.04. The second kappa shape index (κ2) is 3.96. The van der Waals surface area contributed by atoms with Crippen molar-refractivity contribution in [1.29, 1.82) is 0 Å².